The summed E-state index contributed by atoms with van der Waals surface area (Å²) in [6.45, 7) is 0.357. The number of benzene rings is 1. The van der Waals surface area contributed by atoms with Gasteiger partial charge in [-0.1, -0.05) is 12.1 Å². The van der Waals surface area contributed by atoms with E-state index in [2.05, 4.69) is 10.6 Å². The van der Waals surface area contributed by atoms with Crippen LogP contribution in [-0.4, -0.2) is 36.4 Å². The fourth-order valence-electron chi connectivity index (χ4n) is 2.54. The second kappa shape index (κ2) is 7.08. The van der Waals surface area contributed by atoms with Crippen LogP contribution in [0.1, 0.15) is 35.2 Å². The number of carbonyl (C=O) groups is 2. The van der Waals surface area contributed by atoms with Gasteiger partial charge < -0.3 is 20.5 Å². The molecule has 0 aliphatic heterocycles. The van der Waals surface area contributed by atoms with E-state index in [4.69, 9.17) is 9.84 Å². The number of hydrogen-bond acceptors (Lipinski definition) is 3. The van der Waals surface area contributed by atoms with Crippen LogP contribution in [0.2, 0.25) is 0 Å². The Bertz CT molecular complexity index is 501. The number of urea groups is 1. The fraction of sp³-hybridized carbons (Fsp3) is 0.467. The number of methoxy groups -OCH3 is 1. The Morgan fingerprint density at radius 1 is 1.29 bits per heavy atom. The summed E-state index contributed by atoms with van der Waals surface area (Å²) in [5.41, 5.74) is 1.09. The average molecular weight is 292 g/mol. The number of nitrogens with one attached hydrogen (secondary N) is 2. The van der Waals surface area contributed by atoms with Gasteiger partial charge in [-0.15, -0.1) is 0 Å². The highest BCUT2D eigenvalue weighted by Crippen LogP contribution is 2.21. The van der Waals surface area contributed by atoms with Crippen LogP contribution >= 0.6 is 0 Å². The minimum atomic E-state index is -0.959. The van der Waals surface area contributed by atoms with Crippen molar-refractivity contribution in [3.8, 4) is 0 Å². The molecule has 0 bridgehead atoms. The maximum absolute atomic E-state index is 11.8. The molecule has 0 spiro atoms. The summed E-state index contributed by atoms with van der Waals surface area (Å²) in [5.74, 6) is -0.959. The normalized spacial score (nSPS) is 21.0. The van der Waals surface area contributed by atoms with Crippen molar-refractivity contribution in [2.45, 2.75) is 38.0 Å². The van der Waals surface area contributed by atoms with E-state index >= 15 is 0 Å². The lowest BCUT2D eigenvalue weighted by Crippen LogP contribution is -2.45. The van der Waals surface area contributed by atoms with E-state index in [1.807, 2.05) is 0 Å². The molecule has 114 valence electrons. The van der Waals surface area contributed by atoms with Crippen LogP contribution in [0.3, 0.4) is 0 Å². The van der Waals surface area contributed by atoms with Gasteiger partial charge in [-0.3, -0.25) is 0 Å². The first-order valence-corrected chi connectivity index (χ1v) is 6.99. The third kappa shape index (κ3) is 4.19. The van der Waals surface area contributed by atoms with Crippen molar-refractivity contribution >= 4 is 12.0 Å². The summed E-state index contributed by atoms with van der Waals surface area (Å²) in [7, 11) is 1.66. The second-order valence-electron chi connectivity index (χ2n) is 5.14. The van der Waals surface area contributed by atoms with Crippen LogP contribution in [0.15, 0.2) is 24.3 Å². The molecule has 2 atom stereocenters. The van der Waals surface area contributed by atoms with Crippen molar-refractivity contribution in [3.63, 3.8) is 0 Å². The molecule has 1 saturated carbocycles. The standard InChI is InChI=1S/C15H20N2O4/c1-21-13-4-2-3-12(13)17-15(20)16-9-10-5-7-11(8-6-10)14(18)19/h5-8,12-13H,2-4,9H2,1H3,(H,18,19)(H2,16,17,20)/t12-,13-/m1/s1. The average Bonchev–Trinajstić information content (AvgIpc) is 2.92. The van der Waals surface area contributed by atoms with Gasteiger partial charge in [0.2, 0.25) is 0 Å². The van der Waals surface area contributed by atoms with E-state index in [0.29, 0.717) is 6.54 Å². The van der Waals surface area contributed by atoms with E-state index in [1.54, 1.807) is 19.2 Å². The van der Waals surface area contributed by atoms with Crippen LogP contribution in [0.25, 0.3) is 0 Å². The smallest absolute Gasteiger partial charge is 0.335 e. The lowest BCUT2D eigenvalue weighted by molar-refractivity contribution is 0.0697. The third-order valence-electron chi connectivity index (χ3n) is 3.73. The van der Waals surface area contributed by atoms with E-state index in [0.717, 1.165) is 24.8 Å². The first-order chi connectivity index (χ1) is 10.1. The van der Waals surface area contributed by atoms with Gasteiger partial charge in [-0.2, -0.15) is 0 Å². The number of rotatable bonds is 5. The molecule has 1 fully saturated rings. The largest absolute Gasteiger partial charge is 0.478 e. The molecule has 0 unspecified atom stereocenters. The van der Waals surface area contributed by atoms with Crippen LogP contribution in [0, 0.1) is 0 Å². The molecule has 1 aromatic carbocycles. The Morgan fingerprint density at radius 3 is 2.62 bits per heavy atom. The molecular weight excluding hydrogens is 272 g/mol. The predicted molar refractivity (Wildman–Crippen MR) is 77.2 cm³/mol. The highest BCUT2D eigenvalue weighted by Gasteiger charge is 2.28. The predicted octanol–water partition coefficient (Wildman–Crippen LogP) is 1.75. The summed E-state index contributed by atoms with van der Waals surface area (Å²) in [5, 5.41) is 14.5. The molecule has 0 aromatic heterocycles. The summed E-state index contributed by atoms with van der Waals surface area (Å²) in [4.78, 5) is 22.6. The lowest BCUT2D eigenvalue weighted by atomic mass is 10.1. The lowest BCUT2D eigenvalue weighted by Gasteiger charge is -2.19. The van der Waals surface area contributed by atoms with Gasteiger partial charge in [-0.25, -0.2) is 9.59 Å². The monoisotopic (exact) mass is 292 g/mol. The Kier molecular flexibility index (Phi) is 5.16. The number of carbonyl (C=O) groups excluding carboxylic acids is 1. The third-order valence-corrected chi connectivity index (χ3v) is 3.73. The summed E-state index contributed by atoms with van der Waals surface area (Å²) in [6, 6.07) is 6.26. The summed E-state index contributed by atoms with van der Waals surface area (Å²) in [6.07, 6.45) is 3.04. The van der Waals surface area contributed by atoms with E-state index in [-0.39, 0.29) is 23.7 Å². The zero-order valence-electron chi connectivity index (χ0n) is 12.0. The minimum Gasteiger partial charge on any atom is -0.478 e. The van der Waals surface area contributed by atoms with Gasteiger partial charge in [0.1, 0.15) is 0 Å². The van der Waals surface area contributed by atoms with Crippen LogP contribution in [0.4, 0.5) is 4.79 Å². The quantitative estimate of drug-likeness (QED) is 0.771. The van der Waals surface area contributed by atoms with E-state index in [9.17, 15) is 9.59 Å². The minimum absolute atomic E-state index is 0.0596. The molecule has 2 rings (SSSR count). The molecule has 1 aliphatic rings. The Hall–Kier alpha value is -2.08. The molecule has 3 N–H and O–H groups in total. The number of aromatic carboxylic acids is 1. The fourth-order valence-corrected chi connectivity index (χ4v) is 2.54. The number of carboxylic acid groups (broad SMARTS) is 1. The van der Waals surface area contributed by atoms with Gasteiger partial charge in [0.25, 0.3) is 0 Å². The van der Waals surface area contributed by atoms with Gasteiger partial charge >= 0.3 is 12.0 Å². The van der Waals surface area contributed by atoms with Gasteiger partial charge in [-0.05, 0) is 37.0 Å². The topological polar surface area (TPSA) is 87.7 Å². The summed E-state index contributed by atoms with van der Waals surface area (Å²) < 4.78 is 5.32. The van der Waals surface area contributed by atoms with E-state index < -0.39 is 5.97 Å². The highest BCUT2D eigenvalue weighted by molar-refractivity contribution is 5.87. The molecule has 1 aromatic rings. The number of amides is 2. The Labute approximate surface area is 123 Å². The SMILES string of the molecule is CO[C@@H]1CCC[C@H]1NC(=O)NCc1ccc(C(=O)O)cc1. The van der Waals surface area contributed by atoms with Crippen molar-refractivity contribution < 1.29 is 19.4 Å². The molecule has 6 nitrogen and oxygen atoms in total. The Balaban J connectivity index is 1.79. The van der Waals surface area contributed by atoms with Crippen molar-refractivity contribution in [1.29, 1.82) is 0 Å². The van der Waals surface area contributed by atoms with Crippen molar-refractivity contribution in [2.75, 3.05) is 7.11 Å². The van der Waals surface area contributed by atoms with Crippen molar-refractivity contribution in [1.82, 2.24) is 10.6 Å². The molecule has 2 amide bonds. The molecule has 6 heteroatoms. The maximum atomic E-state index is 11.8. The van der Waals surface area contributed by atoms with Crippen LogP contribution in [-0.2, 0) is 11.3 Å². The molecule has 0 saturated heterocycles. The first kappa shape index (κ1) is 15.3. The zero-order valence-corrected chi connectivity index (χ0v) is 12.0. The number of carboxylic acids is 1. The van der Waals surface area contributed by atoms with Crippen LogP contribution < -0.4 is 10.6 Å². The maximum Gasteiger partial charge on any atom is 0.335 e. The second-order valence-corrected chi connectivity index (χ2v) is 5.14. The van der Waals surface area contributed by atoms with Gasteiger partial charge in [0, 0.05) is 13.7 Å². The molecule has 21 heavy (non-hydrogen) atoms. The Morgan fingerprint density at radius 2 is 2.00 bits per heavy atom. The molecule has 0 heterocycles. The number of hydrogen-bond donors (Lipinski definition) is 3. The number of ether oxygens (including phenoxy) is 1. The van der Waals surface area contributed by atoms with E-state index in [1.165, 1.54) is 12.1 Å². The molecule has 0 radical (unpaired) electrons. The summed E-state index contributed by atoms with van der Waals surface area (Å²) >= 11 is 0. The molecular formula is C15H20N2O4. The first-order valence-electron chi connectivity index (χ1n) is 6.99. The van der Waals surface area contributed by atoms with Gasteiger partial charge in [0.05, 0.1) is 17.7 Å². The highest BCUT2D eigenvalue weighted by atomic mass is 16.5. The van der Waals surface area contributed by atoms with Crippen molar-refractivity contribution in [3.05, 3.63) is 35.4 Å². The van der Waals surface area contributed by atoms with Gasteiger partial charge in [0.15, 0.2) is 0 Å². The zero-order chi connectivity index (χ0) is 15.2. The molecule has 1 aliphatic carbocycles. The van der Waals surface area contributed by atoms with Crippen molar-refractivity contribution in [2.24, 2.45) is 0 Å². The van der Waals surface area contributed by atoms with Crippen LogP contribution in [0.5, 0.6) is 0 Å².